The average Bonchev–Trinajstić information content (AvgIpc) is 2.55. The molecule has 0 bridgehead atoms. The molecular formula is C14H17ClN2S. The van der Waals surface area contributed by atoms with E-state index in [2.05, 4.69) is 37.1 Å². The Kier molecular flexibility index (Phi) is 4.03. The summed E-state index contributed by atoms with van der Waals surface area (Å²) in [5.41, 5.74) is 4.74. The summed E-state index contributed by atoms with van der Waals surface area (Å²) in [6.45, 7) is 6.26. The molecule has 0 unspecified atom stereocenters. The van der Waals surface area contributed by atoms with E-state index in [1.165, 1.54) is 16.0 Å². The van der Waals surface area contributed by atoms with Crippen LogP contribution >= 0.6 is 23.4 Å². The Balaban J connectivity index is 2.19. The Labute approximate surface area is 117 Å². The summed E-state index contributed by atoms with van der Waals surface area (Å²) in [5, 5.41) is 5.08. The van der Waals surface area contributed by atoms with Crippen LogP contribution in [-0.4, -0.2) is 9.78 Å². The first kappa shape index (κ1) is 13.5. The number of benzene rings is 1. The Morgan fingerprint density at radius 2 is 2.00 bits per heavy atom. The molecule has 0 atom stereocenters. The molecule has 1 heterocycles. The molecule has 0 amide bonds. The zero-order valence-corrected chi connectivity index (χ0v) is 12.7. The Hall–Kier alpha value is -0.930. The van der Waals surface area contributed by atoms with Crippen LogP contribution in [0.1, 0.15) is 22.4 Å². The highest BCUT2D eigenvalue weighted by molar-refractivity contribution is 7.98. The number of rotatable bonds is 3. The molecule has 2 nitrogen and oxygen atoms in total. The number of hydrogen-bond acceptors (Lipinski definition) is 2. The predicted molar refractivity (Wildman–Crippen MR) is 78.4 cm³/mol. The van der Waals surface area contributed by atoms with E-state index in [4.69, 9.17) is 11.6 Å². The Morgan fingerprint density at radius 3 is 2.61 bits per heavy atom. The maximum atomic E-state index is 6.24. The molecule has 0 aliphatic rings. The first-order valence-electron chi connectivity index (χ1n) is 5.87. The molecule has 0 radical (unpaired) electrons. The fourth-order valence-corrected chi connectivity index (χ4v) is 3.38. The highest BCUT2D eigenvalue weighted by Crippen LogP contribution is 2.30. The minimum Gasteiger partial charge on any atom is -0.257 e. The van der Waals surface area contributed by atoms with Gasteiger partial charge in [-0.05, 0) is 32.4 Å². The summed E-state index contributed by atoms with van der Waals surface area (Å²) < 4.78 is 1.73. The van der Waals surface area contributed by atoms with Crippen molar-refractivity contribution in [2.45, 2.75) is 31.4 Å². The van der Waals surface area contributed by atoms with Gasteiger partial charge in [0, 0.05) is 23.3 Å². The quantitative estimate of drug-likeness (QED) is 0.781. The fraction of sp³-hybridized carbons (Fsp3) is 0.357. The van der Waals surface area contributed by atoms with Crippen LogP contribution in [-0.2, 0) is 12.8 Å². The van der Waals surface area contributed by atoms with E-state index < -0.39 is 0 Å². The molecule has 2 rings (SSSR count). The highest BCUT2D eigenvalue weighted by Gasteiger charge is 2.11. The van der Waals surface area contributed by atoms with Gasteiger partial charge in [-0.1, -0.05) is 29.3 Å². The van der Waals surface area contributed by atoms with Crippen molar-refractivity contribution in [1.29, 1.82) is 0 Å². The van der Waals surface area contributed by atoms with E-state index in [9.17, 15) is 0 Å². The van der Waals surface area contributed by atoms with Gasteiger partial charge >= 0.3 is 0 Å². The summed E-state index contributed by atoms with van der Waals surface area (Å²) in [4.78, 5) is 1.31. The van der Waals surface area contributed by atoms with Crippen molar-refractivity contribution in [3.63, 3.8) is 0 Å². The van der Waals surface area contributed by atoms with Gasteiger partial charge in [-0.2, -0.15) is 5.10 Å². The van der Waals surface area contributed by atoms with E-state index in [1.807, 2.05) is 25.7 Å². The molecule has 0 saturated heterocycles. The largest absolute Gasteiger partial charge is 0.257 e. The monoisotopic (exact) mass is 280 g/mol. The first-order chi connectivity index (χ1) is 8.49. The first-order valence-corrected chi connectivity index (χ1v) is 7.23. The molecule has 0 saturated carbocycles. The lowest BCUT2D eigenvalue weighted by Crippen LogP contribution is -1.89. The number of aryl methyl sites for hydroxylation is 4. The van der Waals surface area contributed by atoms with Crippen molar-refractivity contribution < 1.29 is 0 Å². The van der Waals surface area contributed by atoms with Gasteiger partial charge in [-0.3, -0.25) is 4.68 Å². The maximum Gasteiger partial charge on any atom is 0.131 e. The second-order valence-electron chi connectivity index (χ2n) is 4.54. The molecule has 1 aromatic carbocycles. The zero-order valence-electron chi connectivity index (χ0n) is 11.1. The number of thioether (sulfide) groups is 1. The number of aromatic nitrogens is 2. The van der Waals surface area contributed by atoms with Crippen LogP contribution in [0, 0.1) is 20.8 Å². The highest BCUT2D eigenvalue weighted by atomic mass is 35.5. The van der Waals surface area contributed by atoms with Gasteiger partial charge in [-0.15, -0.1) is 11.8 Å². The Morgan fingerprint density at radius 1 is 1.28 bits per heavy atom. The molecular weight excluding hydrogens is 264 g/mol. The van der Waals surface area contributed by atoms with E-state index in [-0.39, 0.29) is 0 Å². The molecule has 0 fully saturated rings. The van der Waals surface area contributed by atoms with E-state index in [1.54, 1.807) is 4.68 Å². The second-order valence-corrected chi connectivity index (χ2v) is 5.91. The average molecular weight is 281 g/mol. The third kappa shape index (κ3) is 2.73. The summed E-state index contributed by atoms with van der Waals surface area (Å²) in [7, 11) is 1.88. The molecule has 0 spiro atoms. The second kappa shape index (κ2) is 5.37. The molecule has 0 N–H and O–H groups in total. The molecule has 1 aromatic heterocycles. The number of nitrogens with zero attached hydrogens (tertiary/aromatic N) is 2. The van der Waals surface area contributed by atoms with Crippen molar-refractivity contribution >= 4 is 23.4 Å². The minimum atomic E-state index is 0.741. The van der Waals surface area contributed by atoms with Gasteiger partial charge in [0.1, 0.15) is 5.15 Å². The molecule has 96 valence electrons. The lowest BCUT2D eigenvalue weighted by molar-refractivity contribution is 0.757. The third-order valence-electron chi connectivity index (χ3n) is 2.99. The van der Waals surface area contributed by atoms with Crippen LogP contribution in [0.2, 0.25) is 5.15 Å². The normalized spacial score (nSPS) is 10.9. The van der Waals surface area contributed by atoms with E-state index in [0.29, 0.717) is 0 Å². The predicted octanol–water partition coefficient (Wildman–Crippen LogP) is 4.29. The molecule has 0 aliphatic carbocycles. The number of halogens is 1. The SMILES string of the molecule is Cc1ccc(C)c(SCc2c(C)nn(C)c2Cl)c1. The van der Waals surface area contributed by atoms with Gasteiger partial charge in [-0.25, -0.2) is 0 Å². The molecule has 18 heavy (non-hydrogen) atoms. The van der Waals surface area contributed by atoms with Gasteiger partial charge in [0.25, 0.3) is 0 Å². The lowest BCUT2D eigenvalue weighted by Gasteiger charge is -2.06. The lowest BCUT2D eigenvalue weighted by atomic mass is 10.2. The smallest absolute Gasteiger partial charge is 0.131 e. The maximum absolute atomic E-state index is 6.24. The van der Waals surface area contributed by atoms with Crippen molar-refractivity contribution in [3.8, 4) is 0 Å². The van der Waals surface area contributed by atoms with E-state index in [0.717, 1.165) is 22.2 Å². The summed E-state index contributed by atoms with van der Waals surface area (Å²) >= 11 is 8.06. The zero-order chi connectivity index (χ0) is 13.3. The van der Waals surface area contributed by atoms with Crippen LogP contribution < -0.4 is 0 Å². The van der Waals surface area contributed by atoms with E-state index >= 15 is 0 Å². The van der Waals surface area contributed by atoms with Crippen LogP contribution in [0.5, 0.6) is 0 Å². The van der Waals surface area contributed by atoms with Crippen LogP contribution in [0.25, 0.3) is 0 Å². The van der Waals surface area contributed by atoms with Crippen molar-refractivity contribution in [2.75, 3.05) is 0 Å². The summed E-state index contributed by atoms with van der Waals surface area (Å²) in [6.07, 6.45) is 0. The van der Waals surface area contributed by atoms with Gasteiger partial charge in [0.15, 0.2) is 0 Å². The van der Waals surface area contributed by atoms with Gasteiger partial charge in [0.2, 0.25) is 0 Å². The number of hydrogen-bond donors (Lipinski definition) is 0. The summed E-state index contributed by atoms with van der Waals surface area (Å²) in [6, 6.07) is 6.52. The molecule has 0 aliphatic heterocycles. The summed E-state index contributed by atoms with van der Waals surface area (Å²) in [5.74, 6) is 0.864. The van der Waals surface area contributed by atoms with Gasteiger partial charge in [0.05, 0.1) is 5.69 Å². The van der Waals surface area contributed by atoms with Crippen LogP contribution in [0.4, 0.5) is 0 Å². The minimum absolute atomic E-state index is 0.741. The van der Waals surface area contributed by atoms with Crippen LogP contribution in [0.3, 0.4) is 0 Å². The standard InChI is InChI=1S/C14H17ClN2S/c1-9-5-6-10(2)13(7-9)18-8-12-11(3)16-17(4)14(12)15/h5-7H,8H2,1-4H3. The van der Waals surface area contributed by atoms with Crippen molar-refractivity contribution in [1.82, 2.24) is 9.78 Å². The topological polar surface area (TPSA) is 17.8 Å². The molecule has 4 heteroatoms. The van der Waals surface area contributed by atoms with Crippen LogP contribution in [0.15, 0.2) is 23.1 Å². The third-order valence-corrected chi connectivity index (χ3v) is 4.64. The Bertz CT molecular complexity index is 575. The van der Waals surface area contributed by atoms with Crippen molar-refractivity contribution in [3.05, 3.63) is 45.7 Å². The molecule has 2 aromatic rings. The van der Waals surface area contributed by atoms with Gasteiger partial charge < -0.3 is 0 Å². The fourth-order valence-electron chi connectivity index (χ4n) is 1.85. The van der Waals surface area contributed by atoms with Crippen molar-refractivity contribution in [2.24, 2.45) is 7.05 Å².